The summed E-state index contributed by atoms with van der Waals surface area (Å²) in [6, 6.07) is 11.4. The standard InChI is InChI=1S/C16H11BrN2OS/c17-11-9-12(21-10-11)6-7-16(20)19-15-5-1-4-14-13(15)3-2-8-18-14/h1-10H,(H,19,20). The first-order chi connectivity index (χ1) is 10.2. The van der Waals surface area contributed by atoms with Gasteiger partial charge in [0, 0.05) is 32.4 Å². The number of fused-ring (bicyclic) bond motifs is 1. The largest absolute Gasteiger partial charge is 0.322 e. The molecule has 0 fully saturated rings. The number of nitrogens with zero attached hydrogens (tertiary/aromatic N) is 1. The zero-order valence-corrected chi connectivity index (χ0v) is 13.3. The number of hydrogen-bond donors (Lipinski definition) is 1. The molecule has 3 aromatic rings. The van der Waals surface area contributed by atoms with E-state index in [1.807, 2.05) is 41.8 Å². The highest BCUT2D eigenvalue weighted by atomic mass is 79.9. The predicted octanol–water partition coefficient (Wildman–Crippen LogP) is 4.71. The summed E-state index contributed by atoms with van der Waals surface area (Å²) in [6.45, 7) is 0. The van der Waals surface area contributed by atoms with Crippen molar-refractivity contribution < 1.29 is 4.79 Å². The van der Waals surface area contributed by atoms with Crippen LogP contribution >= 0.6 is 27.3 Å². The molecule has 0 atom stereocenters. The first-order valence-electron chi connectivity index (χ1n) is 6.29. The van der Waals surface area contributed by atoms with Gasteiger partial charge in [-0.25, -0.2) is 0 Å². The Labute approximate surface area is 134 Å². The summed E-state index contributed by atoms with van der Waals surface area (Å²) in [6.07, 6.45) is 5.07. The van der Waals surface area contributed by atoms with Crippen molar-refractivity contribution in [3.8, 4) is 0 Å². The monoisotopic (exact) mass is 358 g/mol. The Kier molecular flexibility index (Phi) is 4.13. The number of thiophene rings is 1. The lowest BCUT2D eigenvalue weighted by Crippen LogP contribution is -2.08. The van der Waals surface area contributed by atoms with Gasteiger partial charge in [-0.05, 0) is 52.3 Å². The SMILES string of the molecule is O=C(C=Cc1cc(Br)cs1)Nc1cccc2ncccc12. The fourth-order valence-electron chi connectivity index (χ4n) is 1.96. The van der Waals surface area contributed by atoms with Crippen molar-refractivity contribution in [2.45, 2.75) is 0 Å². The van der Waals surface area contributed by atoms with Crippen LogP contribution in [0.15, 0.2) is 58.5 Å². The number of amides is 1. The molecule has 104 valence electrons. The van der Waals surface area contributed by atoms with Crippen molar-refractivity contribution in [2.75, 3.05) is 5.32 Å². The van der Waals surface area contributed by atoms with Gasteiger partial charge in [-0.15, -0.1) is 11.3 Å². The van der Waals surface area contributed by atoms with Crippen LogP contribution in [-0.2, 0) is 4.79 Å². The highest BCUT2D eigenvalue weighted by Crippen LogP contribution is 2.22. The molecule has 2 aromatic heterocycles. The number of carbonyl (C=O) groups is 1. The second-order valence-electron chi connectivity index (χ2n) is 4.37. The van der Waals surface area contributed by atoms with Gasteiger partial charge in [0.1, 0.15) is 0 Å². The van der Waals surface area contributed by atoms with Crippen molar-refractivity contribution >= 4 is 55.8 Å². The Bertz CT molecular complexity index is 821. The predicted molar refractivity (Wildman–Crippen MR) is 91.4 cm³/mol. The molecule has 0 aliphatic rings. The maximum atomic E-state index is 12.0. The zero-order chi connectivity index (χ0) is 14.7. The smallest absolute Gasteiger partial charge is 0.248 e. The number of hydrogen-bond acceptors (Lipinski definition) is 3. The van der Waals surface area contributed by atoms with Crippen LogP contribution in [0.25, 0.3) is 17.0 Å². The van der Waals surface area contributed by atoms with E-state index in [1.54, 1.807) is 23.6 Å². The van der Waals surface area contributed by atoms with E-state index in [1.165, 1.54) is 6.08 Å². The van der Waals surface area contributed by atoms with E-state index in [0.717, 1.165) is 25.9 Å². The second-order valence-corrected chi connectivity index (χ2v) is 6.22. The van der Waals surface area contributed by atoms with Gasteiger partial charge in [-0.3, -0.25) is 9.78 Å². The van der Waals surface area contributed by atoms with Gasteiger partial charge in [0.05, 0.1) is 11.2 Å². The average molecular weight is 359 g/mol. The highest BCUT2D eigenvalue weighted by Gasteiger charge is 2.03. The molecule has 1 aromatic carbocycles. The summed E-state index contributed by atoms with van der Waals surface area (Å²) in [5.74, 6) is -0.157. The molecule has 1 N–H and O–H groups in total. The molecule has 0 bridgehead atoms. The van der Waals surface area contributed by atoms with E-state index in [4.69, 9.17) is 0 Å². The van der Waals surface area contributed by atoms with Gasteiger partial charge in [-0.1, -0.05) is 6.07 Å². The molecule has 1 amide bonds. The summed E-state index contributed by atoms with van der Waals surface area (Å²) in [7, 11) is 0. The van der Waals surface area contributed by atoms with E-state index in [9.17, 15) is 4.79 Å². The van der Waals surface area contributed by atoms with E-state index in [2.05, 4.69) is 26.2 Å². The Hall–Kier alpha value is -1.98. The molecule has 0 saturated carbocycles. The molecule has 2 heterocycles. The van der Waals surface area contributed by atoms with Crippen LogP contribution in [0.5, 0.6) is 0 Å². The summed E-state index contributed by atoms with van der Waals surface area (Å²) >= 11 is 4.97. The van der Waals surface area contributed by atoms with Crippen LogP contribution in [0.4, 0.5) is 5.69 Å². The minimum atomic E-state index is -0.157. The number of aromatic nitrogens is 1. The zero-order valence-electron chi connectivity index (χ0n) is 10.9. The van der Waals surface area contributed by atoms with Gasteiger partial charge in [0.25, 0.3) is 0 Å². The van der Waals surface area contributed by atoms with Crippen LogP contribution in [0.2, 0.25) is 0 Å². The Morgan fingerprint density at radius 2 is 2.19 bits per heavy atom. The van der Waals surface area contributed by atoms with Gasteiger partial charge in [0.15, 0.2) is 0 Å². The molecular weight excluding hydrogens is 348 g/mol. The van der Waals surface area contributed by atoms with Crippen molar-refractivity contribution in [2.24, 2.45) is 0 Å². The normalized spacial score (nSPS) is 11.1. The third-order valence-corrected chi connectivity index (χ3v) is 4.55. The molecule has 5 heteroatoms. The summed E-state index contributed by atoms with van der Waals surface area (Å²) in [5.41, 5.74) is 1.63. The first kappa shape index (κ1) is 14.0. The Morgan fingerprint density at radius 3 is 3.00 bits per heavy atom. The van der Waals surface area contributed by atoms with E-state index < -0.39 is 0 Å². The van der Waals surface area contributed by atoms with E-state index in [0.29, 0.717) is 0 Å². The fourth-order valence-corrected chi connectivity index (χ4v) is 3.30. The molecule has 0 aliphatic heterocycles. The van der Waals surface area contributed by atoms with Gasteiger partial charge in [0.2, 0.25) is 5.91 Å². The van der Waals surface area contributed by atoms with Crippen molar-refractivity contribution in [3.63, 3.8) is 0 Å². The maximum absolute atomic E-state index is 12.0. The van der Waals surface area contributed by atoms with E-state index in [-0.39, 0.29) is 5.91 Å². The van der Waals surface area contributed by atoms with Crippen molar-refractivity contribution in [1.29, 1.82) is 0 Å². The first-order valence-corrected chi connectivity index (χ1v) is 7.96. The third-order valence-electron chi connectivity index (χ3n) is 2.89. The molecule has 0 saturated heterocycles. The summed E-state index contributed by atoms with van der Waals surface area (Å²) in [4.78, 5) is 17.3. The quantitative estimate of drug-likeness (QED) is 0.688. The van der Waals surface area contributed by atoms with Crippen molar-refractivity contribution in [1.82, 2.24) is 4.98 Å². The number of pyridine rings is 1. The molecule has 3 rings (SSSR count). The van der Waals surface area contributed by atoms with Crippen LogP contribution in [0.3, 0.4) is 0 Å². The molecule has 0 unspecified atom stereocenters. The highest BCUT2D eigenvalue weighted by molar-refractivity contribution is 9.10. The lowest BCUT2D eigenvalue weighted by molar-refractivity contribution is -0.111. The minimum Gasteiger partial charge on any atom is -0.322 e. The van der Waals surface area contributed by atoms with Crippen molar-refractivity contribution in [3.05, 3.63) is 63.4 Å². The Balaban J connectivity index is 1.79. The number of nitrogens with one attached hydrogen (secondary N) is 1. The van der Waals surface area contributed by atoms with Crippen LogP contribution < -0.4 is 5.32 Å². The topological polar surface area (TPSA) is 42.0 Å². The number of benzene rings is 1. The molecule has 0 aliphatic carbocycles. The van der Waals surface area contributed by atoms with E-state index >= 15 is 0 Å². The molecular formula is C16H11BrN2OS. The van der Waals surface area contributed by atoms with Gasteiger partial charge in [-0.2, -0.15) is 0 Å². The maximum Gasteiger partial charge on any atom is 0.248 e. The second kappa shape index (κ2) is 6.20. The number of anilines is 1. The average Bonchev–Trinajstić information content (AvgIpc) is 2.91. The molecule has 0 spiro atoms. The lowest BCUT2D eigenvalue weighted by atomic mass is 10.2. The molecule has 21 heavy (non-hydrogen) atoms. The third kappa shape index (κ3) is 3.37. The summed E-state index contributed by atoms with van der Waals surface area (Å²) < 4.78 is 1.02. The van der Waals surface area contributed by atoms with Gasteiger partial charge >= 0.3 is 0 Å². The molecule has 0 radical (unpaired) electrons. The van der Waals surface area contributed by atoms with Crippen LogP contribution in [0.1, 0.15) is 4.88 Å². The van der Waals surface area contributed by atoms with Crippen LogP contribution in [-0.4, -0.2) is 10.9 Å². The fraction of sp³-hybridized carbons (Fsp3) is 0. The Morgan fingerprint density at radius 1 is 1.29 bits per heavy atom. The lowest BCUT2D eigenvalue weighted by Gasteiger charge is -2.05. The van der Waals surface area contributed by atoms with Crippen LogP contribution in [0, 0.1) is 0 Å². The number of carbonyl (C=O) groups excluding carboxylic acids is 1. The minimum absolute atomic E-state index is 0.157. The molecule has 3 nitrogen and oxygen atoms in total. The number of rotatable bonds is 3. The number of halogens is 1. The summed E-state index contributed by atoms with van der Waals surface area (Å²) in [5, 5.41) is 5.80. The van der Waals surface area contributed by atoms with Gasteiger partial charge < -0.3 is 5.32 Å².